The van der Waals surface area contributed by atoms with Gasteiger partial charge < -0.3 is 9.84 Å². The summed E-state index contributed by atoms with van der Waals surface area (Å²) < 4.78 is 5.18. The van der Waals surface area contributed by atoms with Crippen LogP contribution in [-0.2, 0) is 9.59 Å². The van der Waals surface area contributed by atoms with Gasteiger partial charge in [-0.15, -0.1) is 0 Å². The van der Waals surface area contributed by atoms with E-state index in [2.05, 4.69) is 0 Å². The fourth-order valence-electron chi connectivity index (χ4n) is 2.22. The molecule has 90 valence electrons. The van der Waals surface area contributed by atoms with Crippen molar-refractivity contribution < 1.29 is 19.4 Å². The molecule has 0 amide bonds. The van der Waals surface area contributed by atoms with Gasteiger partial charge >= 0.3 is 11.9 Å². The Kier molecular flexibility index (Phi) is 3.42. The SMILES string of the molecule is O=C(O)C1CCCC1C(=O)Oc1ccccc1. The molecule has 4 nitrogen and oxygen atoms in total. The number of rotatable bonds is 3. The molecule has 1 aliphatic rings. The van der Waals surface area contributed by atoms with Gasteiger partial charge in [-0.3, -0.25) is 9.59 Å². The van der Waals surface area contributed by atoms with Crippen molar-refractivity contribution in [2.24, 2.45) is 11.8 Å². The Morgan fingerprint density at radius 1 is 1.12 bits per heavy atom. The Bertz CT molecular complexity index is 413. The molecule has 1 aliphatic carbocycles. The number of carbonyl (C=O) groups excluding carboxylic acids is 1. The molecule has 0 aliphatic heterocycles. The average molecular weight is 234 g/mol. The summed E-state index contributed by atoms with van der Waals surface area (Å²) in [5.74, 6) is -1.97. The van der Waals surface area contributed by atoms with Crippen molar-refractivity contribution in [3.63, 3.8) is 0 Å². The van der Waals surface area contributed by atoms with Gasteiger partial charge in [0.25, 0.3) is 0 Å². The molecule has 0 saturated heterocycles. The highest BCUT2D eigenvalue weighted by atomic mass is 16.5. The third-order valence-electron chi connectivity index (χ3n) is 3.10. The van der Waals surface area contributed by atoms with Crippen molar-refractivity contribution in [2.45, 2.75) is 19.3 Å². The van der Waals surface area contributed by atoms with Crippen LogP contribution in [0.4, 0.5) is 0 Å². The van der Waals surface area contributed by atoms with Crippen LogP contribution in [0.5, 0.6) is 5.75 Å². The van der Waals surface area contributed by atoms with Gasteiger partial charge in [-0.25, -0.2) is 0 Å². The van der Waals surface area contributed by atoms with Crippen LogP contribution >= 0.6 is 0 Å². The average Bonchev–Trinajstić information content (AvgIpc) is 2.79. The molecule has 1 fully saturated rings. The Morgan fingerprint density at radius 3 is 2.41 bits per heavy atom. The van der Waals surface area contributed by atoms with E-state index in [9.17, 15) is 9.59 Å². The van der Waals surface area contributed by atoms with Crippen molar-refractivity contribution in [3.05, 3.63) is 30.3 Å². The van der Waals surface area contributed by atoms with Crippen LogP contribution in [0.15, 0.2) is 30.3 Å². The van der Waals surface area contributed by atoms with E-state index >= 15 is 0 Å². The predicted molar refractivity (Wildman–Crippen MR) is 60.5 cm³/mol. The Morgan fingerprint density at radius 2 is 1.76 bits per heavy atom. The van der Waals surface area contributed by atoms with Crippen LogP contribution in [0, 0.1) is 11.8 Å². The maximum Gasteiger partial charge on any atom is 0.315 e. The van der Waals surface area contributed by atoms with Gasteiger partial charge in [0.2, 0.25) is 0 Å². The Balaban J connectivity index is 2.03. The van der Waals surface area contributed by atoms with Crippen LogP contribution < -0.4 is 4.74 Å². The van der Waals surface area contributed by atoms with Gasteiger partial charge in [0, 0.05) is 0 Å². The van der Waals surface area contributed by atoms with E-state index < -0.39 is 23.8 Å². The highest BCUT2D eigenvalue weighted by Crippen LogP contribution is 2.33. The minimum absolute atomic E-state index is 0.430. The summed E-state index contributed by atoms with van der Waals surface area (Å²) in [6.07, 6.45) is 1.93. The standard InChI is InChI=1S/C13H14O4/c14-12(15)10-7-4-8-11(10)13(16)17-9-5-2-1-3-6-9/h1-3,5-6,10-11H,4,7-8H2,(H,14,15). The number of para-hydroxylation sites is 1. The van der Waals surface area contributed by atoms with E-state index in [-0.39, 0.29) is 0 Å². The lowest BCUT2D eigenvalue weighted by molar-refractivity contribution is -0.150. The summed E-state index contributed by atoms with van der Waals surface area (Å²) >= 11 is 0. The first kappa shape index (κ1) is 11.6. The first-order valence-electron chi connectivity index (χ1n) is 5.68. The zero-order chi connectivity index (χ0) is 12.3. The third kappa shape index (κ3) is 2.64. The quantitative estimate of drug-likeness (QED) is 0.642. The van der Waals surface area contributed by atoms with Crippen molar-refractivity contribution in [1.29, 1.82) is 0 Å². The molecule has 2 rings (SSSR count). The summed E-state index contributed by atoms with van der Waals surface area (Å²) in [5, 5.41) is 8.99. The van der Waals surface area contributed by atoms with Gasteiger partial charge in [-0.05, 0) is 25.0 Å². The lowest BCUT2D eigenvalue weighted by atomic mass is 9.96. The van der Waals surface area contributed by atoms with E-state index in [1.165, 1.54) is 0 Å². The summed E-state index contributed by atoms with van der Waals surface area (Å²) in [7, 11) is 0. The van der Waals surface area contributed by atoms with E-state index in [0.29, 0.717) is 18.6 Å². The molecular formula is C13H14O4. The number of carbonyl (C=O) groups is 2. The minimum atomic E-state index is -0.905. The molecule has 1 saturated carbocycles. The van der Waals surface area contributed by atoms with E-state index in [4.69, 9.17) is 9.84 Å². The first-order chi connectivity index (χ1) is 8.18. The van der Waals surface area contributed by atoms with E-state index in [1.54, 1.807) is 24.3 Å². The number of aliphatic carboxylic acids is 1. The minimum Gasteiger partial charge on any atom is -0.481 e. The second kappa shape index (κ2) is 4.99. The molecule has 1 aromatic rings. The van der Waals surface area contributed by atoms with Gasteiger partial charge in [0.15, 0.2) is 0 Å². The lowest BCUT2D eigenvalue weighted by Gasteiger charge is -2.14. The van der Waals surface area contributed by atoms with Crippen LogP contribution in [0.25, 0.3) is 0 Å². The normalized spacial score (nSPS) is 23.3. The largest absolute Gasteiger partial charge is 0.481 e. The van der Waals surface area contributed by atoms with Gasteiger partial charge in [0.05, 0.1) is 11.8 Å². The zero-order valence-corrected chi connectivity index (χ0v) is 9.33. The Hall–Kier alpha value is -1.84. The van der Waals surface area contributed by atoms with Crippen molar-refractivity contribution in [2.75, 3.05) is 0 Å². The highest BCUT2D eigenvalue weighted by molar-refractivity contribution is 5.83. The van der Waals surface area contributed by atoms with E-state index in [1.807, 2.05) is 6.07 Å². The zero-order valence-electron chi connectivity index (χ0n) is 9.33. The third-order valence-corrected chi connectivity index (χ3v) is 3.10. The molecule has 0 radical (unpaired) electrons. The Labute approximate surface area is 99.2 Å². The molecule has 0 spiro atoms. The van der Waals surface area contributed by atoms with Crippen LogP contribution in [0.1, 0.15) is 19.3 Å². The fraction of sp³-hybridized carbons (Fsp3) is 0.385. The van der Waals surface area contributed by atoms with Crippen LogP contribution in [0.3, 0.4) is 0 Å². The number of ether oxygens (including phenoxy) is 1. The predicted octanol–water partition coefficient (Wildman–Crippen LogP) is 2.09. The number of esters is 1. The van der Waals surface area contributed by atoms with Gasteiger partial charge in [0.1, 0.15) is 5.75 Å². The van der Waals surface area contributed by atoms with Gasteiger partial charge in [-0.2, -0.15) is 0 Å². The monoisotopic (exact) mass is 234 g/mol. The smallest absolute Gasteiger partial charge is 0.315 e. The molecule has 17 heavy (non-hydrogen) atoms. The number of benzene rings is 1. The van der Waals surface area contributed by atoms with E-state index in [0.717, 1.165) is 6.42 Å². The summed E-state index contributed by atoms with van der Waals surface area (Å²) in [6.45, 7) is 0. The van der Waals surface area contributed by atoms with Crippen LogP contribution in [-0.4, -0.2) is 17.0 Å². The molecule has 1 aromatic carbocycles. The summed E-state index contributed by atoms with van der Waals surface area (Å²) in [6, 6.07) is 8.73. The maximum absolute atomic E-state index is 11.8. The maximum atomic E-state index is 11.8. The molecule has 0 aromatic heterocycles. The lowest BCUT2D eigenvalue weighted by Crippen LogP contribution is -2.28. The topological polar surface area (TPSA) is 63.6 Å². The van der Waals surface area contributed by atoms with Crippen molar-refractivity contribution in [3.8, 4) is 5.75 Å². The van der Waals surface area contributed by atoms with Crippen molar-refractivity contribution >= 4 is 11.9 Å². The molecule has 0 bridgehead atoms. The van der Waals surface area contributed by atoms with Crippen LogP contribution in [0.2, 0.25) is 0 Å². The molecular weight excluding hydrogens is 220 g/mol. The summed E-state index contributed by atoms with van der Waals surface area (Å²) in [5.41, 5.74) is 0. The summed E-state index contributed by atoms with van der Waals surface area (Å²) in [4.78, 5) is 22.8. The molecule has 1 N–H and O–H groups in total. The molecule has 4 heteroatoms. The number of hydrogen-bond acceptors (Lipinski definition) is 3. The van der Waals surface area contributed by atoms with Gasteiger partial charge in [-0.1, -0.05) is 24.6 Å². The number of carboxylic acids is 1. The molecule has 0 heterocycles. The molecule has 2 unspecified atom stereocenters. The number of carboxylic acid groups (broad SMARTS) is 1. The van der Waals surface area contributed by atoms with Crippen molar-refractivity contribution in [1.82, 2.24) is 0 Å². The fourth-order valence-corrected chi connectivity index (χ4v) is 2.22. The number of hydrogen-bond donors (Lipinski definition) is 1. The molecule has 2 atom stereocenters. The first-order valence-corrected chi connectivity index (χ1v) is 5.68. The second-order valence-corrected chi connectivity index (χ2v) is 4.22. The second-order valence-electron chi connectivity index (χ2n) is 4.22. The highest BCUT2D eigenvalue weighted by Gasteiger charge is 2.38.